The smallest absolute Gasteiger partial charge is 0.105 e. The molecule has 0 N–H and O–H groups in total. The molecule has 2 heteroatoms. The van der Waals surface area contributed by atoms with E-state index in [-0.39, 0.29) is 0 Å². The molecule has 1 aliphatic rings. The van der Waals surface area contributed by atoms with Crippen LogP contribution < -0.4 is 0 Å². The molecule has 0 spiro atoms. The van der Waals surface area contributed by atoms with E-state index in [2.05, 4.69) is 35.5 Å². The maximum Gasteiger partial charge on any atom is 0.105 e. The summed E-state index contributed by atoms with van der Waals surface area (Å²) in [6, 6.07) is 0. The van der Waals surface area contributed by atoms with Crippen LogP contribution in [0.25, 0.3) is 0 Å². The maximum absolute atomic E-state index is 4.72. The van der Waals surface area contributed by atoms with E-state index in [1.807, 2.05) is 0 Å². The second-order valence-electron chi connectivity index (χ2n) is 8.21. The van der Waals surface area contributed by atoms with Crippen LogP contribution in [-0.4, -0.2) is 13.1 Å². The lowest BCUT2D eigenvalue weighted by Gasteiger charge is -2.33. The molecule has 4 atom stereocenters. The van der Waals surface area contributed by atoms with E-state index >= 15 is 0 Å². The molecule has 112 valence electrons. The van der Waals surface area contributed by atoms with E-state index in [1.165, 1.54) is 51.4 Å². The summed E-state index contributed by atoms with van der Waals surface area (Å²) in [7, 11) is 2.48. The summed E-state index contributed by atoms with van der Waals surface area (Å²) < 4.78 is 0. The van der Waals surface area contributed by atoms with Gasteiger partial charge in [0.25, 0.3) is 0 Å². The van der Waals surface area contributed by atoms with Crippen molar-refractivity contribution in [3.63, 3.8) is 0 Å². The van der Waals surface area contributed by atoms with Crippen molar-refractivity contribution in [3.8, 4) is 0 Å². The Kier molecular flexibility index (Phi) is 7.36. The van der Waals surface area contributed by atoms with Crippen LogP contribution in [0.4, 0.5) is 0 Å². The molecule has 3 unspecified atom stereocenters. The first-order valence-electron chi connectivity index (χ1n) is 8.47. The van der Waals surface area contributed by atoms with Crippen molar-refractivity contribution < 1.29 is 0 Å². The molecule has 1 saturated carbocycles. The first kappa shape index (κ1) is 17.5. The quantitative estimate of drug-likeness (QED) is 0.535. The fraction of sp³-hybridized carbons (Fsp3) is 1.00. The highest BCUT2D eigenvalue weighted by atomic mass is 32.1. The number of rotatable bonds is 4. The van der Waals surface area contributed by atoms with E-state index in [0.29, 0.717) is 10.7 Å². The van der Waals surface area contributed by atoms with Gasteiger partial charge >= 0.3 is 0 Å². The van der Waals surface area contributed by atoms with Crippen molar-refractivity contribution in [1.82, 2.24) is 0 Å². The number of hydrogen-bond donors (Lipinski definition) is 1. The highest BCUT2D eigenvalue weighted by Gasteiger charge is 2.25. The van der Waals surface area contributed by atoms with Crippen molar-refractivity contribution in [2.45, 2.75) is 90.1 Å². The molecule has 19 heavy (non-hydrogen) atoms. The largest absolute Gasteiger partial charge is 0.176 e. The van der Waals surface area contributed by atoms with E-state index < -0.39 is 0 Å². The van der Waals surface area contributed by atoms with Gasteiger partial charge in [-0.3, -0.25) is 0 Å². The molecule has 1 rings (SSSR count). The third kappa shape index (κ3) is 7.11. The fourth-order valence-corrected chi connectivity index (χ4v) is 3.73. The summed E-state index contributed by atoms with van der Waals surface area (Å²) in [5.74, 6) is 2.72. The lowest BCUT2D eigenvalue weighted by atomic mass is 9.65. The Hall–Kier alpha value is 0.415. The zero-order valence-corrected chi connectivity index (χ0v) is 14.8. The minimum atomic E-state index is 0.491. The molecule has 0 aromatic rings. The van der Waals surface area contributed by atoms with Gasteiger partial charge in [0, 0.05) is 5.25 Å². The van der Waals surface area contributed by atoms with Crippen LogP contribution in [0.15, 0.2) is 0 Å². The minimum Gasteiger partial charge on any atom is -0.176 e. The summed E-state index contributed by atoms with van der Waals surface area (Å²) in [5, 5.41) is 0.667. The Morgan fingerprint density at radius 3 is 2.37 bits per heavy atom. The Morgan fingerprint density at radius 1 is 1.11 bits per heavy atom. The Morgan fingerprint density at radius 2 is 1.74 bits per heavy atom. The van der Waals surface area contributed by atoms with Gasteiger partial charge in [-0.15, -0.1) is 0 Å². The predicted molar refractivity (Wildman–Crippen MR) is 94.1 cm³/mol. The van der Waals surface area contributed by atoms with Crippen molar-refractivity contribution in [3.05, 3.63) is 0 Å². The standard InChI is InChI=1S/C17H35BS/c1-13(16(18)11-12-17(2,3)4)14-7-5-6-8-15(19)10-9-14/h13-16,19H,5-12,18H2,1-4H3/t13?,14?,15-,16?/m0/s1. The van der Waals surface area contributed by atoms with Gasteiger partial charge in [-0.05, 0) is 42.9 Å². The van der Waals surface area contributed by atoms with Gasteiger partial charge in [-0.2, -0.15) is 12.6 Å². The SMILES string of the molecule is BC(CCC(C)(C)C)C(C)C1CCCC[C@H](S)CC1. The molecular weight excluding hydrogens is 247 g/mol. The molecule has 1 aliphatic carbocycles. The Bertz CT molecular complexity index is 246. The van der Waals surface area contributed by atoms with Crippen LogP contribution in [0.5, 0.6) is 0 Å². The van der Waals surface area contributed by atoms with Crippen molar-refractivity contribution >= 4 is 20.5 Å². The van der Waals surface area contributed by atoms with Gasteiger partial charge in [0.1, 0.15) is 7.85 Å². The zero-order valence-electron chi connectivity index (χ0n) is 13.9. The van der Waals surface area contributed by atoms with Gasteiger partial charge in [0.15, 0.2) is 0 Å². The van der Waals surface area contributed by atoms with E-state index in [4.69, 9.17) is 12.6 Å². The van der Waals surface area contributed by atoms with Gasteiger partial charge in [-0.25, -0.2) is 0 Å². The summed E-state index contributed by atoms with van der Waals surface area (Å²) in [6.45, 7) is 9.61. The third-order valence-corrected chi connectivity index (χ3v) is 5.74. The van der Waals surface area contributed by atoms with Crippen molar-refractivity contribution in [2.24, 2.45) is 17.3 Å². The summed E-state index contributed by atoms with van der Waals surface area (Å²) in [4.78, 5) is 0. The topological polar surface area (TPSA) is 0 Å². The van der Waals surface area contributed by atoms with E-state index in [9.17, 15) is 0 Å². The molecule has 0 amide bonds. The van der Waals surface area contributed by atoms with Crippen LogP contribution in [0.3, 0.4) is 0 Å². The molecule has 0 nitrogen and oxygen atoms in total. The van der Waals surface area contributed by atoms with Crippen LogP contribution in [-0.2, 0) is 0 Å². The molecule has 0 heterocycles. The second-order valence-corrected chi connectivity index (χ2v) is 8.94. The van der Waals surface area contributed by atoms with E-state index in [0.717, 1.165) is 17.7 Å². The average molecular weight is 282 g/mol. The number of hydrogen-bond acceptors (Lipinski definition) is 1. The van der Waals surface area contributed by atoms with Crippen molar-refractivity contribution in [1.29, 1.82) is 0 Å². The average Bonchev–Trinajstić information content (AvgIpc) is 2.30. The lowest BCUT2D eigenvalue weighted by Crippen LogP contribution is -2.21. The molecule has 0 saturated heterocycles. The third-order valence-electron chi connectivity index (χ3n) is 5.22. The van der Waals surface area contributed by atoms with Crippen LogP contribution in [0.1, 0.15) is 79.1 Å². The highest BCUT2D eigenvalue weighted by molar-refractivity contribution is 7.80. The van der Waals surface area contributed by atoms with Gasteiger partial charge in [0.05, 0.1) is 0 Å². The zero-order chi connectivity index (χ0) is 14.5. The first-order chi connectivity index (χ1) is 8.79. The van der Waals surface area contributed by atoms with Crippen LogP contribution in [0.2, 0.25) is 5.82 Å². The normalized spacial score (nSPS) is 29.3. The molecule has 0 bridgehead atoms. The predicted octanol–water partition coefficient (Wildman–Crippen LogP) is 5.14. The second kappa shape index (κ2) is 8.00. The maximum atomic E-state index is 4.72. The number of thiol groups is 1. The molecule has 0 radical (unpaired) electrons. The van der Waals surface area contributed by atoms with E-state index in [1.54, 1.807) is 0 Å². The monoisotopic (exact) mass is 282 g/mol. The van der Waals surface area contributed by atoms with Gasteiger partial charge in [0.2, 0.25) is 0 Å². The first-order valence-corrected chi connectivity index (χ1v) is 8.99. The van der Waals surface area contributed by atoms with Crippen LogP contribution in [0, 0.1) is 17.3 Å². The summed E-state index contributed by atoms with van der Waals surface area (Å²) in [6.07, 6.45) is 11.1. The van der Waals surface area contributed by atoms with Gasteiger partial charge in [-0.1, -0.05) is 59.2 Å². The minimum absolute atomic E-state index is 0.491. The van der Waals surface area contributed by atoms with Crippen LogP contribution >= 0.6 is 12.6 Å². The van der Waals surface area contributed by atoms with Crippen molar-refractivity contribution in [2.75, 3.05) is 0 Å². The molecule has 0 aromatic carbocycles. The molecule has 1 fully saturated rings. The fourth-order valence-electron chi connectivity index (χ4n) is 3.40. The highest BCUT2D eigenvalue weighted by Crippen LogP contribution is 2.37. The molecule has 0 aromatic heterocycles. The summed E-state index contributed by atoms with van der Waals surface area (Å²) >= 11 is 4.72. The summed E-state index contributed by atoms with van der Waals surface area (Å²) in [5.41, 5.74) is 0.491. The molecule has 0 aliphatic heterocycles. The molecular formula is C17H35BS. The van der Waals surface area contributed by atoms with Gasteiger partial charge < -0.3 is 0 Å². The lowest BCUT2D eigenvalue weighted by molar-refractivity contribution is 0.253. The Labute approximate surface area is 128 Å². The Balaban J connectivity index is 2.42.